The summed E-state index contributed by atoms with van der Waals surface area (Å²) in [7, 11) is 0. The third-order valence-corrected chi connectivity index (χ3v) is 1.83. The zero-order chi connectivity index (χ0) is 14.7. The van der Waals surface area contributed by atoms with Gasteiger partial charge in [0, 0.05) is 6.07 Å². The Morgan fingerprint density at radius 1 is 1.21 bits per heavy atom. The molecule has 0 aliphatic rings. The maximum atomic E-state index is 12.9. The maximum Gasteiger partial charge on any atom is 0.439 e. The van der Waals surface area contributed by atoms with Crippen LogP contribution in [0.5, 0.6) is 5.75 Å². The summed E-state index contributed by atoms with van der Waals surface area (Å²) in [5.74, 6) is -0.770. The molecule has 1 aromatic rings. The van der Waals surface area contributed by atoms with Gasteiger partial charge in [0.2, 0.25) is 6.08 Å². The highest BCUT2D eigenvalue weighted by molar-refractivity contribution is 5.51. The lowest BCUT2D eigenvalue weighted by Gasteiger charge is -2.23. The van der Waals surface area contributed by atoms with Gasteiger partial charge in [-0.1, -0.05) is 6.07 Å². The molecule has 3 nitrogen and oxygen atoms in total. The molecular weight excluding hydrogens is 280 g/mol. The largest absolute Gasteiger partial charge is 0.439 e. The highest BCUT2D eigenvalue weighted by atomic mass is 19.4. The summed E-state index contributed by atoms with van der Waals surface area (Å²) in [6.07, 6.45) is -14.2. The van der Waals surface area contributed by atoms with Crippen molar-refractivity contribution in [1.82, 2.24) is 0 Å². The molecule has 19 heavy (non-hydrogen) atoms. The standard InChI is InChI=1S/C10H5F6NO2/c11-8(9(12,13)14)10(15,16)19-7-3-1-2-6(4-7)17-5-18/h1-4,8H. The van der Waals surface area contributed by atoms with Gasteiger partial charge in [-0.3, -0.25) is 0 Å². The Hall–Kier alpha value is -2.02. The number of benzene rings is 1. The van der Waals surface area contributed by atoms with Gasteiger partial charge in [-0.25, -0.2) is 9.18 Å². The minimum Gasteiger partial charge on any atom is -0.430 e. The van der Waals surface area contributed by atoms with Crippen molar-refractivity contribution in [3.63, 3.8) is 0 Å². The number of hydrogen-bond donors (Lipinski definition) is 0. The summed E-state index contributed by atoms with van der Waals surface area (Å²) >= 11 is 0. The summed E-state index contributed by atoms with van der Waals surface area (Å²) in [6.45, 7) is 0. The van der Waals surface area contributed by atoms with Crippen molar-refractivity contribution in [2.24, 2.45) is 4.99 Å². The van der Waals surface area contributed by atoms with E-state index in [0.29, 0.717) is 0 Å². The molecule has 0 aliphatic heterocycles. The first-order valence-electron chi connectivity index (χ1n) is 4.62. The average molecular weight is 285 g/mol. The molecule has 0 fully saturated rings. The molecule has 1 aromatic carbocycles. The fourth-order valence-electron chi connectivity index (χ4n) is 1.07. The molecule has 0 heterocycles. The van der Waals surface area contributed by atoms with Crippen LogP contribution in [0.2, 0.25) is 0 Å². The predicted molar refractivity (Wildman–Crippen MR) is 50.7 cm³/mol. The fourth-order valence-corrected chi connectivity index (χ4v) is 1.07. The van der Waals surface area contributed by atoms with Gasteiger partial charge < -0.3 is 4.74 Å². The SMILES string of the molecule is O=C=Nc1cccc(OC(F)(F)C(F)C(F)(F)F)c1. The fraction of sp³-hybridized carbons (Fsp3) is 0.300. The van der Waals surface area contributed by atoms with Crippen molar-refractivity contribution in [2.45, 2.75) is 18.5 Å². The van der Waals surface area contributed by atoms with E-state index in [0.717, 1.165) is 24.3 Å². The molecule has 104 valence electrons. The minimum absolute atomic E-state index is 0.175. The minimum atomic E-state index is -5.76. The average Bonchev–Trinajstić information content (AvgIpc) is 2.27. The van der Waals surface area contributed by atoms with Crippen LogP contribution in [0, 0.1) is 0 Å². The summed E-state index contributed by atoms with van der Waals surface area (Å²) < 4.78 is 77.5. The molecule has 0 radical (unpaired) electrons. The first kappa shape index (κ1) is 15.0. The number of ether oxygens (including phenoxy) is 1. The van der Waals surface area contributed by atoms with Gasteiger partial charge in [-0.05, 0) is 12.1 Å². The second kappa shape index (κ2) is 5.31. The quantitative estimate of drug-likeness (QED) is 0.482. The molecule has 1 unspecified atom stereocenters. The van der Waals surface area contributed by atoms with E-state index in [-0.39, 0.29) is 5.69 Å². The molecule has 0 aliphatic carbocycles. The number of carbonyl (C=O) groups excluding carboxylic acids is 1. The second-order valence-corrected chi connectivity index (χ2v) is 3.27. The first-order valence-corrected chi connectivity index (χ1v) is 4.62. The van der Waals surface area contributed by atoms with E-state index in [1.807, 2.05) is 0 Å². The van der Waals surface area contributed by atoms with Crippen LogP contribution < -0.4 is 4.74 Å². The highest BCUT2D eigenvalue weighted by Gasteiger charge is 2.59. The molecule has 0 saturated heterocycles. The molecule has 1 atom stereocenters. The molecule has 0 aromatic heterocycles. The van der Waals surface area contributed by atoms with E-state index < -0.39 is 24.2 Å². The number of halogens is 6. The monoisotopic (exact) mass is 285 g/mol. The zero-order valence-corrected chi connectivity index (χ0v) is 8.92. The number of hydrogen-bond acceptors (Lipinski definition) is 3. The van der Waals surface area contributed by atoms with Gasteiger partial charge in [0.05, 0.1) is 5.69 Å². The zero-order valence-electron chi connectivity index (χ0n) is 8.92. The number of isocyanates is 1. The van der Waals surface area contributed by atoms with Crippen molar-refractivity contribution in [2.75, 3.05) is 0 Å². The lowest BCUT2D eigenvalue weighted by Crippen LogP contribution is -2.45. The summed E-state index contributed by atoms with van der Waals surface area (Å²) in [4.78, 5) is 13.0. The Morgan fingerprint density at radius 2 is 1.84 bits per heavy atom. The van der Waals surface area contributed by atoms with Crippen LogP contribution in [0.1, 0.15) is 0 Å². The Kier molecular flexibility index (Phi) is 4.21. The van der Waals surface area contributed by atoms with Crippen LogP contribution in [-0.4, -0.2) is 24.5 Å². The van der Waals surface area contributed by atoms with Gasteiger partial charge in [-0.15, -0.1) is 0 Å². The van der Waals surface area contributed by atoms with Crippen molar-refractivity contribution in [3.05, 3.63) is 24.3 Å². The van der Waals surface area contributed by atoms with Crippen LogP contribution in [0.3, 0.4) is 0 Å². The van der Waals surface area contributed by atoms with Crippen molar-refractivity contribution < 1.29 is 35.9 Å². The van der Waals surface area contributed by atoms with Crippen LogP contribution >= 0.6 is 0 Å². The van der Waals surface area contributed by atoms with Crippen LogP contribution in [0.4, 0.5) is 32.0 Å². The van der Waals surface area contributed by atoms with E-state index in [2.05, 4.69) is 9.73 Å². The highest BCUT2D eigenvalue weighted by Crippen LogP contribution is 2.37. The maximum absolute atomic E-state index is 12.9. The third-order valence-electron chi connectivity index (χ3n) is 1.83. The van der Waals surface area contributed by atoms with Crippen LogP contribution in [0.25, 0.3) is 0 Å². The number of rotatable bonds is 4. The topological polar surface area (TPSA) is 38.7 Å². The summed E-state index contributed by atoms with van der Waals surface area (Å²) in [5.41, 5.74) is -0.175. The molecule has 0 N–H and O–H groups in total. The van der Waals surface area contributed by atoms with Gasteiger partial charge in [-0.2, -0.15) is 26.9 Å². The van der Waals surface area contributed by atoms with E-state index in [9.17, 15) is 31.1 Å². The molecule has 0 saturated carbocycles. The van der Waals surface area contributed by atoms with Gasteiger partial charge in [0.15, 0.2) is 0 Å². The second-order valence-electron chi connectivity index (χ2n) is 3.27. The molecule has 0 bridgehead atoms. The molecular formula is C10H5F6NO2. The Balaban J connectivity index is 2.95. The molecule has 1 rings (SSSR count). The lowest BCUT2D eigenvalue weighted by molar-refractivity contribution is -0.304. The molecule has 0 spiro atoms. The van der Waals surface area contributed by atoms with Gasteiger partial charge in [0.1, 0.15) is 5.75 Å². The van der Waals surface area contributed by atoms with Gasteiger partial charge >= 0.3 is 12.3 Å². The van der Waals surface area contributed by atoms with Gasteiger partial charge in [0.25, 0.3) is 6.17 Å². The first-order chi connectivity index (χ1) is 8.66. The van der Waals surface area contributed by atoms with Crippen LogP contribution in [0.15, 0.2) is 29.3 Å². The number of aliphatic imine (C=N–C) groups is 1. The summed E-state index contributed by atoms with van der Waals surface area (Å²) in [6, 6.07) is 3.87. The Morgan fingerprint density at radius 3 is 2.37 bits per heavy atom. The van der Waals surface area contributed by atoms with Crippen molar-refractivity contribution in [1.29, 1.82) is 0 Å². The normalized spacial score (nSPS) is 13.6. The Labute approximate surface area is 102 Å². The van der Waals surface area contributed by atoms with E-state index in [1.165, 1.54) is 6.07 Å². The molecule has 0 amide bonds. The van der Waals surface area contributed by atoms with Crippen molar-refractivity contribution in [3.8, 4) is 5.75 Å². The van der Waals surface area contributed by atoms with Crippen LogP contribution in [-0.2, 0) is 4.79 Å². The smallest absolute Gasteiger partial charge is 0.430 e. The number of nitrogens with zero attached hydrogens (tertiary/aromatic N) is 1. The summed E-state index contributed by atoms with van der Waals surface area (Å²) in [5, 5.41) is 0. The van der Waals surface area contributed by atoms with E-state index in [1.54, 1.807) is 0 Å². The Bertz CT molecular complexity index is 495. The lowest BCUT2D eigenvalue weighted by atomic mass is 10.3. The molecule has 9 heteroatoms. The van der Waals surface area contributed by atoms with E-state index >= 15 is 0 Å². The number of alkyl halides is 6. The third kappa shape index (κ3) is 3.99. The van der Waals surface area contributed by atoms with E-state index in [4.69, 9.17) is 0 Å². The predicted octanol–water partition coefficient (Wildman–Crippen LogP) is 3.53. The van der Waals surface area contributed by atoms with Crippen molar-refractivity contribution >= 4 is 11.8 Å².